The van der Waals surface area contributed by atoms with E-state index >= 15 is 0 Å². The number of para-hydroxylation sites is 1. The highest BCUT2D eigenvalue weighted by Gasteiger charge is 2.52. The summed E-state index contributed by atoms with van der Waals surface area (Å²) in [4.78, 5) is 29.1. The van der Waals surface area contributed by atoms with Crippen molar-refractivity contribution in [3.8, 4) is 11.5 Å². The zero-order valence-corrected chi connectivity index (χ0v) is 20.9. The van der Waals surface area contributed by atoms with E-state index in [0.29, 0.717) is 22.8 Å². The monoisotopic (exact) mass is 506 g/mol. The zero-order valence-electron chi connectivity index (χ0n) is 20.1. The van der Waals surface area contributed by atoms with E-state index in [1.807, 2.05) is 60.4 Å². The molecule has 1 saturated carbocycles. The van der Waals surface area contributed by atoms with Gasteiger partial charge in [-0.2, -0.15) is 0 Å². The number of aliphatic hydroxyl groups is 1. The lowest BCUT2D eigenvalue weighted by Crippen LogP contribution is -2.62. The Balaban J connectivity index is 1.26. The van der Waals surface area contributed by atoms with Gasteiger partial charge in [0.1, 0.15) is 11.5 Å². The Hall–Kier alpha value is -3.01. The van der Waals surface area contributed by atoms with Crippen LogP contribution in [0.4, 0.5) is 10.5 Å². The second kappa shape index (κ2) is 9.46. The molecule has 3 heterocycles. The summed E-state index contributed by atoms with van der Waals surface area (Å²) in [6.45, 7) is 2.75. The smallest absolute Gasteiger partial charge is 0.326 e. The molecule has 3 amide bonds. The van der Waals surface area contributed by atoms with E-state index < -0.39 is 6.10 Å². The van der Waals surface area contributed by atoms with Gasteiger partial charge in [-0.15, -0.1) is 0 Å². The molecule has 2 aromatic rings. The number of anilines is 1. The van der Waals surface area contributed by atoms with Crippen molar-refractivity contribution in [3.63, 3.8) is 0 Å². The van der Waals surface area contributed by atoms with Gasteiger partial charge in [-0.25, -0.2) is 4.79 Å². The molecule has 0 radical (unpaired) electrons. The highest BCUT2D eigenvalue weighted by Crippen LogP contribution is 2.48. The van der Waals surface area contributed by atoms with Gasteiger partial charge in [0.05, 0.1) is 28.5 Å². The predicted molar refractivity (Wildman–Crippen MR) is 139 cm³/mol. The molecular weight excluding hydrogens is 476 g/mol. The Labute approximate surface area is 214 Å². The SMILES string of the molecule is Cc1cc(Oc2ccccc2)ccc1N1C(=O)NC2=C(C(=O)N[C@@H]3CCC[C@H]3O)SC3NCCC1C23. The van der Waals surface area contributed by atoms with Crippen LogP contribution in [-0.4, -0.2) is 47.2 Å². The lowest BCUT2D eigenvalue weighted by molar-refractivity contribution is -0.118. The number of aryl methyl sites for hydroxylation is 1. The quantitative estimate of drug-likeness (QED) is 0.494. The standard InChI is InChI=1S/C27H30N4O4S/c1-15-14-17(35-16-6-3-2-4-7-16)10-11-19(15)31-20-12-13-28-26-22(20)23(30-27(31)34)24(36-26)25(33)29-18-8-5-9-21(18)32/h2-4,6-7,10-11,14,18,20-22,26,28,32H,5,8-9,12-13H2,1H3,(H,29,33)(H,30,34)/t18-,20?,21-,22?,26?/m1/s1. The maximum atomic E-state index is 13.5. The fraction of sp³-hybridized carbons (Fsp3) is 0.407. The van der Waals surface area contributed by atoms with E-state index in [9.17, 15) is 14.7 Å². The summed E-state index contributed by atoms with van der Waals surface area (Å²) in [6, 6.07) is 14.9. The van der Waals surface area contributed by atoms with Gasteiger partial charge in [0, 0.05) is 17.3 Å². The molecule has 1 aliphatic carbocycles. The number of carbonyl (C=O) groups is 2. The molecule has 5 atom stereocenters. The van der Waals surface area contributed by atoms with Crippen LogP contribution >= 0.6 is 11.8 Å². The molecule has 2 saturated heterocycles. The van der Waals surface area contributed by atoms with E-state index in [-0.39, 0.29) is 35.3 Å². The minimum Gasteiger partial charge on any atom is -0.457 e. The molecule has 3 aliphatic heterocycles. The second-order valence-corrected chi connectivity index (χ2v) is 11.0. The van der Waals surface area contributed by atoms with Gasteiger partial charge in [0.25, 0.3) is 5.91 Å². The number of aliphatic hydroxyl groups excluding tert-OH is 1. The first-order valence-corrected chi connectivity index (χ1v) is 13.4. The van der Waals surface area contributed by atoms with Crippen LogP contribution in [0, 0.1) is 12.8 Å². The summed E-state index contributed by atoms with van der Waals surface area (Å²) in [7, 11) is 0. The summed E-state index contributed by atoms with van der Waals surface area (Å²) in [5.41, 5.74) is 2.49. The molecule has 0 spiro atoms. The number of nitrogens with one attached hydrogen (secondary N) is 3. The normalized spacial score (nSPS) is 29.1. The van der Waals surface area contributed by atoms with Gasteiger partial charge in [0.15, 0.2) is 0 Å². The second-order valence-electron chi connectivity index (χ2n) is 9.86. The van der Waals surface area contributed by atoms with Crippen molar-refractivity contribution in [1.82, 2.24) is 16.0 Å². The number of carbonyl (C=O) groups excluding carboxylic acids is 2. The third kappa shape index (κ3) is 4.15. The van der Waals surface area contributed by atoms with Crippen LogP contribution in [0.5, 0.6) is 11.5 Å². The fourth-order valence-electron chi connectivity index (χ4n) is 5.83. The Kier molecular flexibility index (Phi) is 6.15. The van der Waals surface area contributed by atoms with Crippen molar-refractivity contribution in [1.29, 1.82) is 0 Å². The number of ether oxygens (including phenoxy) is 1. The van der Waals surface area contributed by atoms with Crippen LogP contribution < -0.4 is 25.6 Å². The molecule has 2 aromatic carbocycles. The van der Waals surface area contributed by atoms with Crippen molar-refractivity contribution >= 4 is 29.4 Å². The van der Waals surface area contributed by atoms with Gasteiger partial charge in [0.2, 0.25) is 0 Å². The van der Waals surface area contributed by atoms with Crippen molar-refractivity contribution < 1.29 is 19.4 Å². The third-order valence-corrected chi connectivity index (χ3v) is 8.90. The molecule has 0 bridgehead atoms. The first kappa shape index (κ1) is 23.4. The Bertz CT molecular complexity index is 1220. The molecule has 8 nitrogen and oxygen atoms in total. The number of hydrogen-bond donors (Lipinski definition) is 4. The average molecular weight is 507 g/mol. The highest BCUT2D eigenvalue weighted by atomic mass is 32.2. The van der Waals surface area contributed by atoms with Gasteiger partial charge in [-0.1, -0.05) is 30.0 Å². The lowest BCUT2D eigenvalue weighted by atomic mass is 9.86. The van der Waals surface area contributed by atoms with E-state index in [2.05, 4.69) is 16.0 Å². The minimum atomic E-state index is -0.507. The van der Waals surface area contributed by atoms with Crippen molar-refractivity contribution in [2.75, 3.05) is 11.4 Å². The van der Waals surface area contributed by atoms with Gasteiger partial charge in [-0.05, 0) is 75.0 Å². The number of thioether (sulfide) groups is 1. The first-order chi connectivity index (χ1) is 17.5. The predicted octanol–water partition coefficient (Wildman–Crippen LogP) is 3.61. The van der Waals surface area contributed by atoms with Gasteiger partial charge >= 0.3 is 6.03 Å². The summed E-state index contributed by atoms with van der Waals surface area (Å²) in [6.07, 6.45) is 2.67. The zero-order chi connectivity index (χ0) is 24.8. The van der Waals surface area contributed by atoms with E-state index in [1.165, 1.54) is 11.8 Å². The van der Waals surface area contributed by atoms with Crippen molar-refractivity contribution in [2.45, 2.75) is 56.2 Å². The molecule has 36 heavy (non-hydrogen) atoms. The van der Waals surface area contributed by atoms with Crippen LogP contribution in [0.2, 0.25) is 0 Å². The van der Waals surface area contributed by atoms with Gasteiger partial charge in [-0.3, -0.25) is 9.69 Å². The molecule has 3 unspecified atom stereocenters. The Morgan fingerprint density at radius 3 is 2.72 bits per heavy atom. The molecule has 3 fully saturated rings. The van der Waals surface area contributed by atoms with E-state index in [0.717, 1.165) is 42.8 Å². The molecule has 9 heteroatoms. The summed E-state index contributed by atoms with van der Waals surface area (Å²) in [5.74, 6) is 1.25. The molecule has 4 aliphatic rings. The maximum absolute atomic E-state index is 13.5. The summed E-state index contributed by atoms with van der Waals surface area (Å²) < 4.78 is 5.98. The summed E-state index contributed by atoms with van der Waals surface area (Å²) in [5, 5.41) is 19.8. The molecule has 0 aromatic heterocycles. The van der Waals surface area contributed by atoms with Crippen LogP contribution in [-0.2, 0) is 4.79 Å². The lowest BCUT2D eigenvalue weighted by Gasteiger charge is -2.46. The van der Waals surface area contributed by atoms with Crippen LogP contribution in [0.1, 0.15) is 31.2 Å². The van der Waals surface area contributed by atoms with Gasteiger partial charge < -0.3 is 25.8 Å². The fourth-order valence-corrected chi connectivity index (χ4v) is 7.23. The number of amides is 3. The molecule has 4 N–H and O–H groups in total. The third-order valence-electron chi connectivity index (χ3n) is 7.55. The van der Waals surface area contributed by atoms with E-state index in [4.69, 9.17) is 4.74 Å². The number of rotatable bonds is 5. The number of urea groups is 1. The topological polar surface area (TPSA) is 103 Å². The average Bonchev–Trinajstić information content (AvgIpc) is 3.45. The van der Waals surface area contributed by atoms with Crippen LogP contribution in [0.15, 0.2) is 59.1 Å². The number of nitrogens with zero attached hydrogens (tertiary/aromatic N) is 1. The first-order valence-electron chi connectivity index (χ1n) is 12.6. The minimum absolute atomic E-state index is 0.0112. The molecular formula is C27H30N4O4S. The Morgan fingerprint density at radius 1 is 1.14 bits per heavy atom. The van der Waals surface area contributed by atoms with Crippen molar-refractivity contribution in [2.24, 2.45) is 5.92 Å². The van der Waals surface area contributed by atoms with Crippen LogP contribution in [0.3, 0.4) is 0 Å². The number of piperidine rings is 1. The molecule has 6 rings (SSSR count). The number of benzene rings is 2. The van der Waals surface area contributed by atoms with Crippen LogP contribution in [0.25, 0.3) is 0 Å². The summed E-state index contributed by atoms with van der Waals surface area (Å²) >= 11 is 1.48. The van der Waals surface area contributed by atoms with Crippen molar-refractivity contribution in [3.05, 3.63) is 64.7 Å². The van der Waals surface area contributed by atoms with E-state index in [1.54, 1.807) is 0 Å². The largest absolute Gasteiger partial charge is 0.457 e. The molecule has 188 valence electrons. The number of hydrogen-bond acceptors (Lipinski definition) is 6. The highest BCUT2D eigenvalue weighted by molar-refractivity contribution is 8.04. The maximum Gasteiger partial charge on any atom is 0.326 e. The Morgan fingerprint density at radius 2 is 1.97 bits per heavy atom.